The Morgan fingerprint density at radius 3 is 2.33 bits per heavy atom. The van der Waals surface area contributed by atoms with Gasteiger partial charge in [-0.2, -0.15) is 0 Å². The summed E-state index contributed by atoms with van der Waals surface area (Å²) in [5.74, 6) is 0.604. The highest BCUT2D eigenvalue weighted by molar-refractivity contribution is 6.25. The van der Waals surface area contributed by atoms with Crippen molar-refractivity contribution in [1.82, 2.24) is 0 Å². The van der Waals surface area contributed by atoms with E-state index in [0.717, 1.165) is 11.3 Å². The summed E-state index contributed by atoms with van der Waals surface area (Å²) in [6, 6.07) is 0. The van der Waals surface area contributed by atoms with Crippen LogP contribution in [0, 0.1) is 5.41 Å². The molecule has 0 fully saturated rings. The number of hydrogen-bond donors (Lipinski definition) is 1. The lowest BCUT2D eigenvalue weighted by Crippen LogP contribution is -2.29. The second kappa shape index (κ2) is 5.76. The molecule has 84 valence electrons. The predicted octanol–water partition coefficient (Wildman–Crippen LogP) is 3.60. The third kappa shape index (κ3) is 2.72. The minimum Gasteiger partial charge on any atom is -0.386 e. The van der Waals surface area contributed by atoms with Gasteiger partial charge in [0.05, 0.1) is 5.70 Å². The molecular formula is C12H19ClN2. The third-order valence-electron chi connectivity index (χ3n) is 2.25. The van der Waals surface area contributed by atoms with Crippen LogP contribution in [0.3, 0.4) is 0 Å². The quantitative estimate of drug-likeness (QED) is 0.768. The summed E-state index contributed by atoms with van der Waals surface area (Å²) in [4.78, 5) is 4.21. The number of aliphatic imine (C=N–C) groups is 1. The Hall–Kier alpha value is -1.02. The molecule has 0 spiro atoms. The molecule has 2 nitrogen and oxygen atoms in total. The Kier molecular flexibility index (Phi) is 5.37. The molecule has 3 heteroatoms. The maximum Gasteiger partial charge on any atom is 0.110 e. The van der Waals surface area contributed by atoms with Crippen molar-refractivity contribution in [3.8, 4) is 0 Å². The van der Waals surface area contributed by atoms with Gasteiger partial charge in [-0.05, 0) is 31.6 Å². The molecule has 0 bridgehead atoms. The fraction of sp³-hybridized carbons (Fsp3) is 0.417. The molecule has 1 aliphatic rings. The molecule has 0 amide bonds. The van der Waals surface area contributed by atoms with Crippen molar-refractivity contribution < 1.29 is 0 Å². The van der Waals surface area contributed by atoms with Gasteiger partial charge in [-0.15, -0.1) is 0 Å². The first-order chi connectivity index (χ1) is 7.04. The summed E-state index contributed by atoms with van der Waals surface area (Å²) in [5.41, 5.74) is 8.82. The Balaban J connectivity index is 0.000000921. The molecule has 0 saturated heterocycles. The van der Waals surface area contributed by atoms with Crippen molar-refractivity contribution in [2.75, 3.05) is 0 Å². The first-order valence-corrected chi connectivity index (χ1v) is 5.46. The Morgan fingerprint density at radius 2 is 1.93 bits per heavy atom. The molecule has 0 unspecified atom stereocenters. The van der Waals surface area contributed by atoms with E-state index < -0.39 is 0 Å². The molecule has 0 aromatic carbocycles. The first-order valence-electron chi connectivity index (χ1n) is 5.02. The molecule has 0 aromatic heterocycles. The maximum atomic E-state index is 5.78. The topological polar surface area (TPSA) is 38.4 Å². The number of halogens is 1. The number of allylic oxidation sites excluding steroid dienone is 2. The van der Waals surface area contributed by atoms with E-state index in [4.69, 9.17) is 17.3 Å². The van der Waals surface area contributed by atoms with Gasteiger partial charge in [0.2, 0.25) is 0 Å². The summed E-state index contributed by atoms with van der Waals surface area (Å²) in [6.45, 7) is 11.7. The zero-order valence-electron chi connectivity index (χ0n) is 9.84. The van der Waals surface area contributed by atoms with E-state index in [-0.39, 0.29) is 5.41 Å². The largest absolute Gasteiger partial charge is 0.386 e. The molecule has 0 aliphatic carbocycles. The van der Waals surface area contributed by atoms with E-state index in [2.05, 4.69) is 11.6 Å². The van der Waals surface area contributed by atoms with Crippen molar-refractivity contribution in [2.45, 2.75) is 27.7 Å². The number of amidine groups is 1. The van der Waals surface area contributed by atoms with Crippen LogP contribution in [-0.2, 0) is 0 Å². The third-order valence-corrected chi connectivity index (χ3v) is 2.38. The molecule has 0 saturated carbocycles. The van der Waals surface area contributed by atoms with Gasteiger partial charge >= 0.3 is 0 Å². The number of nitrogens with two attached hydrogens (primary N) is 1. The zero-order chi connectivity index (χ0) is 12.1. The normalized spacial score (nSPS) is 18.6. The van der Waals surface area contributed by atoms with Crippen molar-refractivity contribution >= 4 is 17.4 Å². The van der Waals surface area contributed by atoms with Gasteiger partial charge < -0.3 is 5.73 Å². The standard InChI is InChI=1S/C10H13ClN2.C2H6/c1-4-8-7(5-6-11)10(2,3)9(12)13-8;1-2/h4-6H,1H2,2-3H3,(H2,12,13);1-2H3/b6-5+;. The average molecular weight is 227 g/mol. The van der Waals surface area contributed by atoms with Crippen molar-refractivity contribution in [1.29, 1.82) is 0 Å². The number of hydrogen-bond acceptors (Lipinski definition) is 2. The summed E-state index contributed by atoms with van der Waals surface area (Å²) < 4.78 is 0. The highest BCUT2D eigenvalue weighted by atomic mass is 35.5. The maximum absolute atomic E-state index is 5.78. The molecule has 1 rings (SSSR count). The predicted molar refractivity (Wildman–Crippen MR) is 69.0 cm³/mol. The van der Waals surface area contributed by atoms with E-state index >= 15 is 0 Å². The summed E-state index contributed by atoms with van der Waals surface area (Å²) in [6.07, 6.45) is 3.50. The number of nitrogens with zero attached hydrogens (tertiary/aromatic N) is 1. The van der Waals surface area contributed by atoms with Gasteiger partial charge in [0, 0.05) is 11.0 Å². The van der Waals surface area contributed by atoms with Crippen LogP contribution in [-0.4, -0.2) is 5.84 Å². The van der Waals surface area contributed by atoms with E-state index in [0.29, 0.717) is 5.84 Å². The Bertz CT molecular complexity index is 323. The van der Waals surface area contributed by atoms with Gasteiger partial charge in [-0.25, -0.2) is 4.99 Å². The SMILES string of the molecule is C=CC1=C(/C=C/Cl)C(C)(C)C(N)=N1.CC. The fourth-order valence-electron chi connectivity index (χ4n) is 1.30. The van der Waals surface area contributed by atoms with Crippen molar-refractivity contribution in [3.05, 3.63) is 35.5 Å². The molecule has 0 atom stereocenters. The van der Waals surface area contributed by atoms with Crippen LogP contribution in [0.4, 0.5) is 0 Å². The van der Waals surface area contributed by atoms with Gasteiger partial charge in [0.1, 0.15) is 5.84 Å². The number of rotatable bonds is 2. The smallest absolute Gasteiger partial charge is 0.110 e. The van der Waals surface area contributed by atoms with Crippen molar-refractivity contribution in [3.63, 3.8) is 0 Å². The second-order valence-corrected chi connectivity index (χ2v) is 3.67. The molecule has 1 aliphatic heterocycles. The minimum absolute atomic E-state index is 0.241. The van der Waals surface area contributed by atoms with Crippen LogP contribution in [0.15, 0.2) is 40.5 Å². The highest BCUT2D eigenvalue weighted by Gasteiger charge is 2.33. The molecule has 0 aromatic rings. The van der Waals surface area contributed by atoms with Crippen LogP contribution >= 0.6 is 11.6 Å². The zero-order valence-corrected chi connectivity index (χ0v) is 10.6. The van der Waals surface area contributed by atoms with Crippen LogP contribution in [0.1, 0.15) is 27.7 Å². The average Bonchev–Trinajstić information content (AvgIpc) is 2.45. The van der Waals surface area contributed by atoms with E-state index in [1.165, 1.54) is 5.54 Å². The molecule has 1 heterocycles. The highest BCUT2D eigenvalue weighted by Crippen LogP contribution is 2.36. The van der Waals surface area contributed by atoms with E-state index in [9.17, 15) is 0 Å². The lowest BCUT2D eigenvalue weighted by atomic mass is 9.84. The fourth-order valence-corrected chi connectivity index (χ4v) is 1.43. The monoisotopic (exact) mass is 226 g/mol. The van der Waals surface area contributed by atoms with Crippen LogP contribution in [0.2, 0.25) is 0 Å². The molecule has 2 N–H and O–H groups in total. The van der Waals surface area contributed by atoms with Crippen molar-refractivity contribution in [2.24, 2.45) is 16.1 Å². The minimum atomic E-state index is -0.241. The van der Waals surface area contributed by atoms with E-state index in [1.54, 1.807) is 6.08 Å². The Morgan fingerprint density at radius 1 is 1.40 bits per heavy atom. The van der Waals surface area contributed by atoms with Crippen LogP contribution < -0.4 is 5.73 Å². The molecular weight excluding hydrogens is 208 g/mol. The first kappa shape index (κ1) is 14.0. The molecule has 15 heavy (non-hydrogen) atoms. The summed E-state index contributed by atoms with van der Waals surface area (Å²) in [5, 5.41) is 0. The van der Waals surface area contributed by atoms with Crippen LogP contribution in [0.5, 0.6) is 0 Å². The van der Waals surface area contributed by atoms with Gasteiger partial charge in [0.25, 0.3) is 0 Å². The summed E-state index contributed by atoms with van der Waals surface area (Å²) >= 11 is 5.54. The van der Waals surface area contributed by atoms with Crippen LogP contribution in [0.25, 0.3) is 0 Å². The lowest BCUT2D eigenvalue weighted by Gasteiger charge is -2.20. The van der Waals surface area contributed by atoms with Gasteiger partial charge in [-0.3, -0.25) is 0 Å². The van der Waals surface area contributed by atoms with E-state index in [1.807, 2.05) is 33.8 Å². The van der Waals surface area contributed by atoms with Gasteiger partial charge in [0.15, 0.2) is 0 Å². The molecule has 0 radical (unpaired) electrons. The summed E-state index contributed by atoms with van der Waals surface area (Å²) in [7, 11) is 0. The Labute approximate surface area is 97.2 Å². The second-order valence-electron chi connectivity index (χ2n) is 3.42. The van der Waals surface area contributed by atoms with Gasteiger partial charge in [-0.1, -0.05) is 32.0 Å². The lowest BCUT2D eigenvalue weighted by molar-refractivity contribution is 0.649.